The van der Waals surface area contributed by atoms with Crippen molar-refractivity contribution in [2.75, 3.05) is 0 Å². The van der Waals surface area contributed by atoms with E-state index in [4.69, 9.17) is 32.7 Å². The lowest BCUT2D eigenvalue weighted by Gasteiger charge is -2.17. The van der Waals surface area contributed by atoms with Crippen LogP contribution in [0, 0.1) is 0 Å². The van der Waals surface area contributed by atoms with Crippen molar-refractivity contribution in [2.45, 2.75) is 13.2 Å². The summed E-state index contributed by atoms with van der Waals surface area (Å²) in [5.41, 5.74) is 1.49. The number of halogens is 3. The van der Waals surface area contributed by atoms with Crippen molar-refractivity contribution in [1.29, 1.82) is 0 Å². The predicted molar refractivity (Wildman–Crippen MR) is 113 cm³/mol. The second-order valence-electron chi connectivity index (χ2n) is 5.81. The number of hydrogen-bond donors (Lipinski definition) is 1. The zero-order valence-corrected chi connectivity index (χ0v) is 17.6. The van der Waals surface area contributed by atoms with Gasteiger partial charge in [-0.15, -0.1) is 0 Å². The minimum absolute atomic E-state index is 0.0243. The molecule has 0 aliphatic rings. The molecule has 4 nitrogen and oxygen atoms in total. The van der Waals surface area contributed by atoms with E-state index < -0.39 is 5.97 Å². The molecule has 0 amide bonds. The lowest BCUT2D eigenvalue weighted by atomic mass is 10.1. The molecule has 0 aromatic heterocycles. The molecule has 0 fully saturated rings. The quantitative estimate of drug-likeness (QED) is 0.412. The first-order chi connectivity index (χ1) is 13.5. The molecule has 7 heteroatoms. The van der Waals surface area contributed by atoms with Gasteiger partial charge in [0.1, 0.15) is 18.8 Å². The van der Waals surface area contributed by atoms with Gasteiger partial charge in [-0.05, 0) is 40.2 Å². The Morgan fingerprint density at radius 3 is 1.93 bits per heavy atom. The van der Waals surface area contributed by atoms with E-state index in [1.54, 1.807) is 24.3 Å². The van der Waals surface area contributed by atoms with Gasteiger partial charge in [-0.2, -0.15) is 0 Å². The predicted octanol–water partition coefficient (Wildman–Crippen LogP) is 6.61. The summed E-state index contributed by atoms with van der Waals surface area (Å²) in [5.74, 6) is -0.717. The summed E-state index contributed by atoms with van der Waals surface area (Å²) >= 11 is 15.6. The van der Waals surface area contributed by atoms with Crippen molar-refractivity contribution in [3.05, 3.63) is 91.9 Å². The van der Waals surface area contributed by atoms with Crippen LogP contribution in [-0.2, 0) is 13.2 Å². The molecule has 0 radical (unpaired) electrons. The third-order valence-electron chi connectivity index (χ3n) is 3.96. The van der Waals surface area contributed by atoms with Crippen LogP contribution in [0.4, 0.5) is 0 Å². The van der Waals surface area contributed by atoms with Gasteiger partial charge in [-0.3, -0.25) is 0 Å². The maximum absolute atomic E-state index is 11.8. The van der Waals surface area contributed by atoms with Crippen molar-refractivity contribution in [3.8, 4) is 11.5 Å². The van der Waals surface area contributed by atoms with E-state index in [-0.39, 0.29) is 24.5 Å². The van der Waals surface area contributed by atoms with Gasteiger partial charge in [-0.1, -0.05) is 59.6 Å². The summed E-state index contributed by atoms with van der Waals surface area (Å²) in [7, 11) is 0. The maximum atomic E-state index is 11.8. The van der Waals surface area contributed by atoms with Gasteiger partial charge < -0.3 is 14.6 Å². The number of hydrogen-bond acceptors (Lipinski definition) is 3. The fourth-order valence-electron chi connectivity index (χ4n) is 2.53. The summed E-state index contributed by atoms with van der Waals surface area (Å²) in [6.07, 6.45) is 0. The normalized spacial score (nSPS) is 10.5. The number of carbonyl (C=O) groups is 1. The highest BCUT2D eigenvalue weighted by molar-refractivity contribution is 9.10. The average Bonchev–Trinajstić information content (AvgIpc) is 2.67. The van der Waals surface area contributed by atoms with Crippen LogP contribution in [0.3, 0.4) is 0 Å². The van der Waals surface area contributed by atoms with Crippen molar-refractivity contribution in [3.63, 3.8) is 0 Å². The number of carboxylic acid groups (broad SMARTS) is 1. The number of rotatable bonds is 7. The molecule has 3 aromatic carbocycles. The molecule has 28 heavy (non-hydrogen) atoms. The van der Waals surface area contributed by atoms with E-state index in [0.29, 0.717) is 20.3 Å². The monoisotopic (exact) mass is 480 g/mol. The molecule has 0 bridgehead atoms. The lowest BCUT2D eigenvalue weighted by Crippen LogP contribution is -2.08. The highest BCUT2D eigenvalue weighted by Crippen LogP contribution is 2.38. The molecule has 3 aromatic rings. The molecule has 0 aliphatic heterocycles. The fourth-order valence-corrected chi connectivity index (χ4v) is 3.39. The molecular weight excluding hydrogens is 467 g/mol. The van der Waals surface area contributed by atoms with E-state index in [9.17, 15) is 9.90 Å². The summed E-state index contributed by atoms with van der Waals surface area (Å²) in [6, 6.07) is 17.7. The smallest absolute Gasteiger partial charge is 0.340 e. The van der Waals surface area contributed by atoms with Gasteiger partial charge in [0.25, 0.3) is 0 Å². The SMILES string of the molecule is O=C(O)c1c(Br)ccc(OCc2ccccc2Cl)c1OCc1ccccc1Cl. The standard InChI is InChI=1S/C21H15BrCl2O4/c22-15-9-10-18(27-11-13-5-1-3-7-16(13)23)20(19(15)21(25)26)28-12-14-6-2-4-8-17(14)24/h1-10H,11-12H2,(H,25,26). The van der Waals surface area contributed by atoms with E-state index >= 15 is 0 Å². The molecule has 0 unspecified atom stereocenters. The molecule has 0 aliphatic carbocycles. The van der Waals surface area contributed by atoms with Gasteiger partial charge in [0.05, 0.1) is 0 Å². The second-order valence-corrected chi connectivity index (χ2v) is 7.48. The average molecular weight is 482 g/mol. The number of ether oxygens (including phenoxy) is 2. The fraction of sp³-hybridized carbons (Fsp3) is 0.0952. The van der Waals surface area contributed by atoms with Gasteiger partial charge in [0.15, 0.2) is 11.5 Å². The van der Waals surface area contributed by atoms with Crippen LogP contribution in [-0.4, -0.2) is 11.1 Å². The van der Waals surface area contributed by atoms with E-state index in [0.717, 1.165) is 11.1 Å². The van der Waals surface area contributed by atoms with E-state index in [1.165, 1.54) is 0 Å². The third kappa shape index (κ3) is 4.79. The number of carboxylic acids is 1. The van der Waals surface area contributed by atoms with Crippen molar-refractivity contribution < 1.29 is 19.4 Å². The Balaban J connectivity index is 1.91. The first-order valence-electron chi connectivity index (χ1n) is 8.25. The largest absolute Gasteiger partial charge is 0.485 e. The molecule has 0 saturated heterocycles. The minimum atomic E-state index is -1.13. The molecule has 0 heterocycles. The van der Waals surface area contributed by atoms with Crippen LogP contribution >= 0.6 is 39.1 Å². The van der Waals surface area contributed by atoms with Crippen LogP contribution < -0.4 is 9.47 Å². The third-order valence-corrected chi connectivity index (χ3v) is 5.35. The van der Waals surface area contributed by atoms with Crippen LogP contribution in [0.25, 0.3) is 0 Å². The Bertz CT molecular complexity index is 1010. The Morgan fingerprint density at radius 2 is 1.39 bits per heavy atom. The molecule has 144 valence electrons. The van der Waals surface area contributed by atoms with Gasteiger partial charge in [-0.25, -0.2) is 4.79 Å². The molecule has 1 N–H and O–H groups in total. The molecule has 0 spiro atoms. The zero-order valence-electron chi connectivity index (χ0n) is 14.5. The van der Waals surface area contributed by atoms with Crippen LogP contribution in [0.15, 0.2) is 65.1 Å². The Labute approximate surface area is 180 Å². The van der Waals surface area contributed by atoms with Gasteiger partial charge in [0.2, 0.25) is 0 Å². The van der Waals surface area contributed by atoms with Crippen molar-refractivity contribution >= 4 is 45.1 Å². The highest BCUT2D eigenvalue weighted by Gasteiger charge is 2.21. The maximum Gasteiger partial charge on any atom is 0.340 e. The molecule has 3 rings (SSSR count). The molecular formula is C21H15BrCl2O4. The highest BCUT2D eigenvalue weighted by atomic mass is 79.9. The summed E-state index contributed by atoms with van der Waals surface area (Å²) in [5, 5.41) is 10.7. The minimum Gasteiger partial charge on any atom is -0.485 e. The van der Waals surface area contributed by atoms with Crippen molar-refractivity contribution in [1.82, 2.24) is 0 Å². The number of benzene rings is 3. The first-order valence-corrected chi connectivity index (χ1v) is 9.80. The summed E-state index contributed by atoms with van der Waals surface area (Å²) < 4.78 is 12.1. The van der Waals surface area contributed by atoms with Crippen LogP contribution in [0.2, 0.25) is 10.0 Å². The number of aromatic carboxylic acids is 1. The summed E-state index contributed by atoms with van der Waals surface area (Å²) in [6.45, 7) is 0.266. The Kier molecular flexibility index (Phi) is 6.83. The summed E-state index contributed by atoms with van der Waals surface area (Å²) in [4.78, 5) is 11.8. The van der Waals surface area contributed by atoms with Crippen LogP contribution in [0.1, 0.15) is 21.5 Å². The Morgan fingerprint density at radius 1 is 0.857 bits per heavy atom. The van der Waals surface area contributed by atoms with Gasteiger partial charge in [0, 0.05) is 25.6 Å². The van der Waals surface area contributed by atoms with Crippen molar-refractivity contribution in [2.24, 2.45) is 0 Å². The molecule has 0 saturated carbocycles. The van der Waals surface area contributed by atoms with Crippen LogP contribution in [0.5, 0.6) is 11.5 Å². The molecule has 0 atom stereocenters. The second kappa shape index (κ2) is 9.32. The lowest BCUT2D eigenvalue weighted by molar-refractivity contribution is 0.0689. The topological polar surface area (TPSA) is 55.8 Å². The van der Waals surface area contributed by atoms with Gasteiger partial charge >= 0.3 is 5.97 Å². The van der Waals surface area contributed by atoms with E-state index in [2.05, 4.69) is 15.9 Å². The zero-order chi connectivity index (χ0) is 20.1. The Hall–Kier alpha value is -2.21. The van der Waals surface area contributed by atoms with E-state index in [1.807, 2.05) is 36.4 Å². The first kappa shape index (κ1) is 20.5.